The van der Waals surface area contributed by atoms with E-state index in [-0.39, 0.29) is 34.1 Å². The summed E-state index contributed by atoms with van der Waals surface area (Å²) in [7, 11) is 0. The Morgan fingerprint density at radius 2 is 0.541 bits per heavy atom. The van der Waals surface area contributed by atoms with E-state index < -0.39 is 23.9 Å². The molecule has 0 saturated heterocycles. The Kier molecular flexibility index (Phi) is 24.3. The molecule has 0 atom stereocenters. The summed E-state index contributed by atoms with van der Waals surface area (Å²) in [5.41, 5.74) is 3.15. The number of esters is 4. The van der Waals surface area contributed by atoms with E-state index in [1.807, 2.05) is 36.4 Å². The Balaban J connectivity index is 0.869. The molecule has 0 amide bonds. The van der Waals surface area contributed by atoms with Crippen molar-refractivity contribution in [3.05, 3.63) is 168 Å². The second-order valence-electron chi connectivity index (χ2n) is 18.8. The molecule has 0 unspecified atom stereocenters. The van der Waals surface area contributed by atoms with E-state index in [1.165, 1.54) is 164 Å². The Hall–Kier alpha value is -7.20. The van der Waals surface area contributed by atoms with Crippen LogP contribution in [0.1, 0.15) is 184 Å². The molecular formula is C64H74O10. The third-order valence-corrected chi connectivity index (χ3v) is 12.8. The van der Waals surface area contributed by atoms with Gasteiger partial charge in [0.15, 0.2) is 0 Å². The molecule has 6 aromatic carbocycles. The fourth-order valence-corrected chi connectivity index (χ4v) is 8.37. The summed E-state index contributed by atoms with van der Waals surface area (Å²) in [5, 5.41) is 0. The van der Waals surface area contributed by atoms with Crippen molar-refractivity contribution in [1.29, 1.82) is 0 Å². The van der Waals surface area contributed by atoms with Crippen molar-refractivity contribution in [3.8, 4) is 45.6 Å². The summed E-state index contributed by atoms with van der Waals surface area (Å²) in [6, 6.07) is 40.2. The molecule has 0 fully saturated rings. The van der Waals surface area contributed by atoms with E-state index in [9.17, 15) is 19.2 Å². The second kappa shape index (κ2) is 32.1. The van der Waals surface area contributed by atoms with Crippen molar-refractivity contribution in [2.24, 2.45) is 0 Å². The fraction of sp³-hybridized carbons (Fsp3) is 0.375. The third-order valence-electron chi connectivity index (χ3n) is 12.8. The van der Waals surface area contributed by atoms with Gasteiger partial charge in [-0.2, -0.15) is 0 Å². The number of carbonyl (C=O) groups excluding carboxylic acids is 4. The standard InChI is InChI=1S/C64H74O10/c1-3-5-7-9-11-13-15-17-19-21-46-69-55-38-30-50(31-39-55)49-26-28-51(29-27-49)61(65)71-57-42-34-53(35-43-57)63(67)73-59-24-23-25-60(48-59)74-64(68)54-36-44-58(45-37-54)72-62(66)52-32-40-56(41-33-52)70-47-22-20-18-16-14-12-10-8-6-4-2/h23-45,48H,3-22,46-47H2,1-2H3. The zero-order valence-corrected chi connectivity index (χ0v) is 43.5. The quantitative estimate of drug-likeness (QED) is 0.0224. The van der Waals surface area contributed by atoms with Crippen LogP contribution in [-0.2, 0) is 0 Å². The van der Waals surface area contributed by atoms with Gasteiger partial charge in [-0.25, -0.2) is 19.2 Å². The number of unbranched alkanes of at least 4 members (excludes halogenated alkanes) is 18. The Labute approximate surface area is 438 Å². The highest BCUT2D eigenvalue weighted by Crippen LogP contribution is 2.26. The van der Waals surface area contributed by atoms with Gasteiger partial charge in [-0.05, 0) is 133 Å². The summed E-state index contributed by atoms with van der Waals surface area (Å²) in [6.07, 6.45) is 25.5. The predicted octanol–water partition coefficient (Wildman–Crippen LogP) is 16.8. The van der Waals surface area contributed by atoms with E-state index in [2.05, 4.69) is 13.8 Å². The van der Waals surface area contributed by atoms with E-state index in [1.54, 1.807) is 54.6 Å². The molecule has 0 spiro atoms. The number of hydrogen-bond donors (Lipinski definition) is 0. The van der Waals surface area contributed by atoms with Crippen molar-refractivity contribution in [2.75, 3.05) is 13.2 Å². The summed E-state index contributed by atoms with van der Waals surface area (Å²) >= 11 is 0. The van der Waals surface area contributed by atoms with Gasteiger partial charge in [-0.3, -0.25) is 0 Å². The van der Waals surface area contributed by atoms with Crippen LogP contribution in [0.4, 0.5) is 0 Å². The van der Waals surface area contributed by atoms with Gasteiger partial charge >= 0.3 is 23.9 Å². The van der Waals surface area contributed by atoms with Crippen molar-refractivity contribution in [3.63, 3.8) is 0 Å². The highest BCUT2D eigenvalue weighted by molar-refractivity contribution is 5.94. The van der Waals surface area contributed by atoms with Crippen LogP contribution >= 0.6 is 0 Å². The molecule has 390 valence electrons. The molecule has 0 aliphatic rings. The summed E-state index contributed by atoms with van der Waals surface area (Å²) in [5.74, 6) is -0.0289. The molecule has 0 saturated carbocycles. The number of carbonyl (C=O) groups is 4. The van der Waals surface area contributed by atoms with Crippen molar-refractivity contribution < 1.29 is 47.6 Å². The summed E-state index contributed by atoms with van der Waals surface area (Å²) < 4.78 is 34.1. The Morgan fingerprint density at radius 3 is 0.878 bits per heavy atom. The average molecular weight is 1000 g/mol. The lowest BCUT2D eigenvalue weighted by molar-refractivity contribution is 0.0723. The SMILES string of the molecule is CCCCCCCCCCCCOc1ccc(C(=O)Oc2ccc(C(=O)Oc3cccc(OC(=O)c4ccc(OC(=O)c5ccc(-c6ccc(OCCCCCCCCCCCC)cc6)cc5)cc4)c3)cc2)cc1. The van der Waals surface area contributed by atoms with E-state index in [4.69, 9.17) is 28.4 Å². The van der Waals surface area contributed by atoms with Crippen LogP contribution in [0.2, 0.25) is 0 Å². The molecule has 6 aromatic rings. The minimum Gasteiger partial charge on any atom is -0.494 e. The van der Waals surface area contributed by atoms with Gasteiger partial charge in [0.25, 0.3) is 0 Å². The first-order valence-electron chi connectivity index (χ1n) is 27.0. The Bertz CT molecular complexity index is 2590. The summed E-state index contributed by atoms with van der Waals surface area (Å²) in [6.45, 7) is 5.85. The lowest BCUT2D eigenvalue weighted by Crippen LogP contribution is -2.11. The molecule has 0 bridgehead atoms. The highest BCUT2D eigenvalue weighted by atomic mass is 16.6. The maximum Gasteiger partial charge on any atom is 0.343 e. The van der Waals surface area contributed by atoms with Crippen molar-refractivity contribution in [1.82, 2.24) is 0 Å². The van der Waals surface area contributed by atoms with Gasteiger partial charge in [0, 0.05) is 6.07 Å². The van der Waals surface area contributed by atoms with Crippen molar-refractivity contribution in [2.45, 2.75) is 142 Å². The van der Waals surface area contributed by atoms with Gasteiger partial charge in [0.2, 0.25) is 0 Å². The normalized spacial score (nSPS) is 10.9. The van der Waals surface area contributed by atoms with Crippen LogP contribution < -0.4 is 28.4 Å². The first-order chi connectivity index (χ1) is 36.3. The van der Waals surface area contributed by atoms with Gasteiger partial charge < -0.3 is 28.4 Å². The van der Waals surface area contributed by atoms with Gasteiger partial charge in [0.05, 0.1) is 35.5 Å². The van der Waals surface area contributed by atoms with E-state index in [0.717, 1.165) is 36.1 Å². The molecular weight excluding hydrogens is 929 g/mol. The first kappa shape index (κ1) is 56.1. The average Bonchev–Trinajstić information content (AvgIpc) is 3.42. The zero-order valence-electron chi connectivity index (χ0n) is 43.5. The maximum atomic E-state index is 13.1. The minimum absolute atomic E-state index is 0.152. The molecule has 10 heteroatoms. The first-order valence-corrected chi connectivity index (χ1v) is 27.0. The van der Waals surface area contributed by atoms with Crippen LogP contribution in [-0.4, -0.2) is 37.1 Å². The molecule has 0 aromatic heterocycles. The molecule has 0 heterocycles. The largest absolute Gasteiger partial charge is 0.494 e. The van der Waals surface area contributed by atoms with Gasteiger partial charge in [0.1, 0.15) is 34.5 Å². The number of hydrogen-bond acceptors (Lipinski definition) is 10. The smallest absolute Gasteiger partial charge is 0.343 e. The van der Waals surface area contributed by atoms with Gasteiger partial charge in [-0.1, -0.05) is 160 Å². The van der Waals surface area contributed by atoms with E-state index in [0.29, 0.717) is 30.1 Å². The zero-order chi connectivity index (χ0) is 52.0. The van der Waals surface area contributed by atoms with Gasteiger partial charge in [-0.15, -0.1) is 0 Å². The van der Waals surface area contributed by atoms with Crippen LogP contribution in [0, 0.1) is 0 Å². The topological polar surface area (TPSA) is 124 Å². The molecule has 10 nitrogen and oxygen atoms in total. The monoisotopic (exact) mass is 1000 g/mol. The highest BCUT2D eigenvalue weighted by Gasteiger charge is 2.16. The van der Waals surface area contributed by atoms with Crippen LogP contribution in [0.5, 0.6) is 34.5 Å². The molecule has 0 aliphatic carbocycles. The van der Waals surface area contributed by atoms with Crippen LogP contribution in [0.3, 0.4) is 0 Å². The maximum absolute atomic E-state index is 13.1. The third kappa shape index (κ3) is 20.0. The molecule has 6 rings (SSSR count). The van der Waals surface area contributed by atoms with Crippen LogP contribution in [0.15, 0.2) is 146 Å². The van der Waals surface area contributed by atoms with Crippen molar-refractivity contribution >= 4 is 23.9 Å². The second-order valence-corrected chi connectivity index (χ2v) is 18.8. The Morgan fingerprint density at radius 1 is 0.284 bits per heavy atom. The van der Waals surface area contributed by atoms with Crippen LogP contribution in [0.25, 0.3) is 11.1 Å². The molecule has 0 aliphatic heterocycles. The predicted molar refractivity (Wildman–Crippen MR) is 292 cm³/mol. The fourth-order valence-electron chi connectivity index (χ4n) is 8.37. The molecule has 74 heavy (non-hydrogen) atoms. The lowest BCUT2D eigenvalue weighted by Gasteiger charge is -2.09. The summed E-state index contributed by atoms with van der Waals surface area (Å²) in [4.78, 5) is 51.9. The number of benzene rings is 6. The molecule has 0 N–H and O–H groups in total. The number of ether oxygens (including phenoxy) is 6. The number of rotatable bonds is 33. The lowest BCUT2D eigenvalue weighted by atomic mass is 10.0. The minimum atomic E-state index is -0.662. The molecule has 0 radical (unpaired) electrons. The van der Waals surface area contributed by atoms with E-state index >= 15 is 0 Å².